The fourth-order valence-corrected chi connectivity index (χ4v) is 4.22. The first-order chi connectivity index (χ1) is 14.6. The SMILES string of the molecule is COc1ccc(C(NCC2(O)CCN(Cc3ccccc3)C2)c2ccccc2)cc1. The first-order valence-electron chi connectivity index (χ1n) is 10.6. The maximum Gasteiger partial charge on any atom is 0.118 e. The van der Waals surface area contributed by atoms with E-state index in [9.17, 15) is 5.11 Å². The molecule has 2 unspecified atom stereocenters. The molecule has 0 aromatic heterocycles. The standard InChI is InChI=1S/C26H30N2O2/c1-30-24-14-12-23(13-15-24)25(22-10-6-3-7-11-22)27-19-26(29)16-17-28(20-26)18-21-8-4-2-5-9-21/h2-15,25,27,29H,16-20H2,1H3. The smallest absolute Gasteiger partial charge is 0.118 e. The third-order valence-corrected chi connectivity index (χ3v) is 5.88. The number of nitrogens with zero attached hydrogens (tertiary/aromatic N) is 1. The molecule has 156 valence electrons. The number of hydrogen-bond acceptors (Lipinski definition) is 4. The molecular formula is C26H30N2O2. The number of β-amino-alcohol motifs (C(OH)–C–C–N with tert-alkyl or cyclic N) is 1. The molecule has 1 aliphatic heterocycles. The van der Waals surface area contributed by atoms with Gasteiger partial charge in [0.1, 0.15) is 5.75 Å². The lowest BCUT2D eigenvalue weighted by Crippen LogP contribution is -2.44. The summed E-state index contributed by atoms with van der Waals surface area (Å²) < 4.78 is 5.31. The van der Waals surface area contributed by atoms with Gasteiger partial charge in [-0.15, -0.1) is 0 Å². The van der Waals surface area contributed by atoms with Crippen molar-refractivity contribution in [1.29, 1.82) is 0 Å². The predicted molar refractivity (Wildman–Crippen MR) is 121 cm³/mol. The molecule has 30 heavy (non-hydrogen) atoms. The number of ether oxygens (including phenoxy) is 1. The first-order valence-corrected chi connectivity index (χ1v) is 10.6. The number of benzene rings is 3. The molecule has 4 rings (SSSR count). The van der Waals surface area contributed by atoms with E-state index < -0.39 is 5.60 Å². The van der Waals surface area contributed by atoms with E-state index in [1.54, 1.807) is 7.11 Å². The minimum atomic E-state index is -0.728. The van der Waals surface area contributed by atoms with Gasteiger partial charge in [-0.2, -0.15) is 0 Å². The van der Waals surface area contributed by atoms with Crippen LogP contribution in [-0.4, -0.2) is 42.4 Å². The maximum atomic E-state index is 11.2. The maximum absolute atomic E-state index is 11.2. The van der Waals surface area contributed by atoms with Crippen LogP contribution in [-0.2, 0) is 6.54 Å². The number of methoxy groups -OCH3 is 1. The van der Waals surface area contributed by atoms with Crippen LogP contribution in [0.4, 0.5) is 0 Å². The van der Waals surface area contributed by atoms with Crippen molar-refractivity contribution in [3.05, 3.63) is 102 Å². The van der Waals surface area contributed by atoms with Crippen LogP contribution in [0.5, 0.6) is 5.75 Å². The van der Waals surface area contributed by atoms with Gasteiger partial charge < -0.3 is 15.2 Å². The minimum absolute atomic E-state index is 0.0179. The summed E-state index contributed by atoms with van der Waals surface area (Å²) in [6.07, 6.45) is 0.775. The van der Waals surface area contributed by atoms with Crippen molar-refractivity contribution in [2.24, 2.45) is 0 Å². The van der Waals surface area contributed by atoms with Crippen molar-refractivity contribution >= 4 is 0 Å². The fourth-order valence-electron chi connectivity index (χ4n) is 4.22. The monoisotopic (exact) mass is 402 g/mol. The number of hydrogen-bond donors (Lipinski definition) is 2. The second-order valence-electron chi connectivity index (χ2n) is 8.17. The van der Waals surface area contributed by atoms with Crippen LogP contribution in [0, 0.1) is 0 Å². The van der Waals surface area contributed by atoms with E-state index in [-0.39, 0.29) is 6.04 Å². The Morgan fingerprint density at radius 2 is 1.57 bits per heavy atom. The second kappa shape index (κ2) is 9.43. The van der Waals surface area contributed by atoms with E-state index in [1.165, 1.54) is 11.1 Å². The lowest BCUT2D eigenvalue weighted by atomic mass is 9.96. The summed E-state index contributed by atoms with van der Waals surface area (Å²) >= 11 is 0. The van der Waals surface area contributed by atoms with Crippen LogP contribution >= 0.6 is 0 Å². The van der Waals surface area contributed by atoms with Crippen LogP contribution in [0.1, 0.15) is 29.2 Å². The highest BCUT2D eigenvalue weighted by Crippen LogP contribution is 2.27. The van der Waals surface area contributed by atoms with Crippen LogP contribution < -0.4 is 10.1 Å². The molecule has 4 nitrogen and oxygen atoms in total. The van der Waals surface area contributed by atoms with Crippen LogP contribution in [0.25, 0.3) is 0 Å². The van der Waals surface area contributed by atoms with Gasteiger partial charge in [0.25, 0.3) is 0 Å². The fraction of sp³-hybridized carbons (Fsp3) is 0.308. The molecule has 2 atom stereocenters. The van der Waals surface area contributed by atoms with Gasteiger partial charge in [0.05, 0.1) is 18.8 Å². The van der Waals surface area contributed by atoms with Gasteiger partial charge >= 0.3 is 0 Å². The predicted octanol–water partition coefficient (Wildman–Crippen LogP) is 4.01. The van der Waals surface area contributed by atoms with Crippen molar-refractivity contribution in [1.82, 2.24) is 10.2 Å². The first kappa shape index (κ1) is 20.6. The van der Waals surface area contributed by atoms with E-state index in [1.807, 2.05) is 24.3 Å². The van der Waals surface area contributed by atoms with Gasteiger partial charge in [0, 0.05) is 26.2 Å². The number of likely N-dealkylation sites (tertiary alicyclic amines) is 1. The van der Waals surface area contributed by atoms with E-state index in [0.717, 1.165) is 30.8 Å². The van der Waals surface area contributed by atoms with Crippen molar-refractivity contribution in [2.45, 2.75) is 24.6 Å². The molecule has 0 aliphatic carbocycles. The highest BCUT2D eigenvalue weighted by molar-refractivity contribution is 5.35. The van der Waals surface area contributed by atoms with Crippen LogP contribution in [0.2, 0.25) is 0 Å². The Labute approximate surface area is 179 Å². The summed E-state index contributed by atoms with van der Waals surface area (Å²) in [5, 5.41) is 14.9. The molecule has 3 aromatic rings. The highest BCUT2D eigenvalue weighted by atomic mass is 16.5. The third kappa shape index (κ3) is 5.08. The van der Waals surface area contributed by atoms with Crippen molar-refractivity contribution in [2.75, 3.05) is 26.7 Å². The van der Waals surface area contributed by atoms with E-state index in [4.69, 9.17) is 4.74 Å². The van der Waals surface area contributed by atoms with Gasteiger partial charge in [-0.1, -0.05) is 72.8 Å². The summed E-state index contributed by atoms with van der Waals surface area (Å²) in [6.45, 7) is 3.01. The topological polar surface area (TPSA) is 44.7 Å². The van der Waals surface area contributed by atoms with Crippen molar-refractivity contribution in [3.63, 3.8) is 0 Å². The van der Waals surface area contributed by atoms with E-state index in [0.29, 0.717) is 13.1 Å². The lowest BCUT2D eigenvalue weighted by molar-refractivity contribution is 0.0467. The highest BCUT2D eigenvalue weighted by Gasteiger charge is 2.36. The van der Waals surface area contributed by atoms with Crippen LogP contribution in [0.3, 0.4) is 0 Å². The van der Waals surface area contributed by atoms with Gasteiger partial charge in [-0.25, -0.2) is 0 Å². The molecular weight excluding hydrogens is 372 g/mol. The number of nitrogens with one attached hydrogen (secondary N) is 1. The third-order valence-electron chi connectivity index (χ3n) is 5.88. The molecule has 0 amide bonds. The molecule has 1 heterocycles. The molecule has 0 bridgehead atoms. The number of rotatable bonds is 8. The summed E-state index contributed by atoms with van der Waals surface area (Å²) in [4.78, 5) is 2.34. The minimum Gasteiger partial charge on any atom is -0.497 e. The summed E-state index contributed by atoms with van der Waals surface area (Å²) in [7, 11) is 1.68. The van der Waals surface area contributed by atoms with Gasteiger partial charge in [-0.05, 0) is 35.2 Å². The molecule has 2 N–H and O–H groups in total. The normalized spacial score (nSPS) is 20.2. The van der Waals surface area contributed by atoms with E-state index in [2.05, 4.69) is 70.9 Å². The zero-order valence-corrected chi connectivity index (χ0v) is 17.5. The molecule has 1 fully saturated rings. The van der Waals surface area contributed by atoms with E-state index >= 15 is 0 Å². The van der Waals surface area contributed by atoms with Crippen molar-refractivity contribution < 1.29 is 9.84 Å². The average molecular weight is 403 g/mol. The van der Waals surface area contributed by atoms with Crippen LogP contribution in [0.15, 0.2) is 84.9 Å². The molecule has 1 saturated heterocycles. The van der Waals surface area contributed by atoms with Gasteiger partial charge in [0.2, 0.25) is 0 Å². The summed E-state index contributed by atoms with van der Waals surface area (Å²) in [5.41, 5.74) is 2.90. The Hall–Kier alpha value is -2.66. The van der Waals surface area contributed by atoms with Crippen molar-refractivity contribution in [3.8, 4) is 5.75 Å². The quantitative estimate of drug-likeness (QED) is 0.598. The lowest BCUT2D eigenvalue weighted by Gasteiger charge is -2.28. The molecule has 0 spiro atoms. The Bertz CT molecular complexity index is 915. The molecule has 4 heteroatoms. The number of aliphatic hydroxyl groups is 1. The molecule has 3 aromatic carbocycles. The summed E-state index contributed by atoms with van der Waals surface area (Å²) in [5.74, 6) is 0.844. The zero-order chi connectivity index (χ0) is 20.8. The molecule has 0 radical (unpaired) electrons. The zero-order valence-electron chi connectivity index (χ0n) is 17.5. The Kier molecular flexibility index (Phi) is 6.48. The largest absolute Gasteiger partial charge is 0.497 e. The summed E-state index contributed by atoms with van der Waals surface area (Å²) in [6, 6.07) is 29.0. The van der Waals surface area contributed by atoms with Gasteiger partial charge in [0.15, 0.2) is 0 Å². The Balaban J connectivity index is 1.44. The average Bonchev–Trinajstić information content (AvgIpc) is 3.16. The second-order valence-corrected chi connectivity index (χ2v) is 8.17. The molecule has 1 aliphatic rings. The Morgan fingerprint density at radius 1 is 0.933 bits per heavy atom. The molecule has 0 saturated carbocycles. The Morgan fingerprint density at radius 3 is 2.23 bits per heavy atom. The van der Waals surface area contributed by atoms with Gasteiger partial charge in [-0.3, -0.25) is 4.90 Å².